The summed E-state index contributed by atoms with van der Waals surface area (Å²) >= 11 is 0. The summed E-state index contributed by atoms with van der Waals surface area (Å²) in [6, 6.07) is 17.0. The second-order valence-corrected chi connectivity index (χ2v) is 5.27. The lowest BCUT2D eigenvalue weighted by molar-refractivity contribution is 1.13. The average molecular weight is 262 g/mol. The van der Waals surface area contributed by atoms with Crippen LogP contribution in [0.1, 0.15) is 5.56 Å². The monoisotopic (exact) mass is 262 g/mol. The molecule has 3 rings (SSSR count). The first-order valence-corrected chi connectivity index (χ1v) is 6.79. The number of aryl methyl sites for hydroxylation is 1. The highest BCUT2D eigenvalue weighted by Crippen LogP contribution is 2.31. The summed E-state index contributed by atoms with van der Waals surface area (Å²) in [5, 5.41) is 1.20. The Balaban J connectivity index is 2.25. The Labute approximate surface area is 119 Å². The van der Waals surface area contributed by atoms with Crippen LogP contribution in [0.5, 0.6) is 0 Å². The maximum Gasteiger partial charge on any atom is 0.0728 e. The van der Waals surface area contributed by atoms with Crippen LogP contribution in [0, 0.1) is 6.92 Å². The molecule has 0 bridgehead atoms. The van der Waals surface area contributed by atoms with Crippen molar-refractivity contribution in [3.63, 3.8) is 0 Å². The first-order valence-electron chi connectivity index (χ1n) is 6.79. The van der Waals surface area contributed by atoms with Crippen molar-refractivity contribution < 1.29 is 0 Å². The third kappa shape index (κ3) is 2.14. The van der Waals surface area contributed by atoms with Crippen LogP contribution < -0.4 is 4.90 Å². The molecule has 0 fully saturated rings. The largest absolute Gasteiger partial charge is 0.378 e. The predicted molar refractivity (Wildman–Crippen MR) is 86.2 cm³/mol. The Bertz CT molecular complexity index is 760. The quantitative estimate of drug-likeness (QED) is 0.685. The highest BCUT2D eigenvalue weighted by atomic mass is 15.1. The number of aromatic nitrogens is 1. The topological polar surface area (TPSA) is 16.1 Å². The van der Waals surface area contributed by atoms with Gasteiger partial charge in [-0.25, -0.2) is 0 Å². The van der Waals surface area contributed by atoms with Gasteiger partial charge in [-0.15, -0.1) is 0 Å². The molecule has 20 heavy (non-hydrogen) atoms. The zero-order valence-corrected chi connectivity index (χ0v) is 12.1. The summed E-state index contributed by atoms with van der Waals surface area (Å²) in [6.45, 7) is 2.15. The van der Waals surface area contributed by atoms with Crippen LogP contribution >= 0.6 is 0 Å². The maximum atomic E-state index is 4.51. The zero-order chi connectivity index (χ0) is 14.1. The van der Waals surface area contributed by atoms with Crippen LogP contribution in [-0.4, -0.2) is 19.1 Å². The van der Waals surface area contributed by atoms with E-state index < -0.39 is 0 Å². The summed E-state index contributed by atoms with van der Waals surface area (Å²) in [6.07, 6.45) is 1.89. The van der Waals surface area contributed by atoms with E-state index in [1.807, 2.05) is 20.3 Å². The fourth-order valence-corrected chi connectivity index (χ4v) is 2.52. The van der Waals surface area contributed by atoms with Crippen molar-refractivity contribution in [1.29, 1.82) is 0 Å². The molecule has 0 atom stereocenters. The Kier molecular flexibility index (Phi) is 3.15. The molecule has 100 valence electrons. The minimum atomic E-state index is 1.04. The number of hydrogen-bond acceptors (Lipinski definition) is 2. The molecule has 2 aromatic carbocycles. The number of anilines is 1. The molecule has 0 aliphatic rings. The van der Waals surface area contributed by atoms with Crippen molar-refractivity contribution in [3.05, 3.63) is 60.3 Å². The molecule has 0 amide bonds. The molecule has 0 saturated carbocycles. The number of fused-ring (bicyclic) bond motifs is 1. The van der Waals surface area contributed by atoms with Gasteiger partial charge in [-0.1, -0.05) is 30.3 Å². The summed E-state index contributed by atoms with van der Waals surface area (Å²) in [7, 11) is 4.10. The van der Waals surface area contributed by atoms with E-state index >= 15 is 0 Å². The van der Waals surface area contributed by atoms with Crippen LogP contribution in [0.25, 0.3) is 22.0 Å². The molecule has 0 unspecified atom stereocenters. The molecule has 0 radical (unpaired) electrons. The lowest BCUT2D eigenvalue weighted by atomic mass is 9.97. The van der Waals surface area contributed by atoms with Gasteiger partial charge in [0.05, 0.1) is 5.52 Å². The van der Waals surface area contributed by atoms with Gasteiger partial charge < -0.3 is 4.90 Å². The summed E-state index contributed by atoms with van der Waals surface area (Å²) < 4.78 is 0. The lowest BCUT2D eigenvalue weighted by Gasteiger charge is -2.14. The molecule has 1 heterocycles. The fourth-order valence-electron chi connectivity index (χ4n) is 2.52. The number of hydrogen-bond donors (Lipinski definition) is 0. The minimum absolute atomic E-state index is 1.04. The Morgan fingerprint density at radius 3 is 2.45 bits per heavy atom. The van der Waals surface area contributed by atoms with Crippen molar-refractivity contribution in [3.8, 4) is 11.1 Å². The van der Waals surface area contributed by atoms with Crippen molar-refractivity contribution in [2.45, 2.75) is 6.92 Å². The second-order valence-electron chi connectivity index (χ2n) is 5.27. The summed E-state index contributed by atoms with van der Waals surface area (Å²) in [5.41, 5.74) is 6.02. The van der Waals surface area contributed by atoms with Crippen molar-refractivity contribution in [2.75, 3.05) is 19.0 Å². The number of pyridine rings is 1. The third-order valence-electron chi connectivity index (χ3n) is 3.68. The lowest BCUT2D eigenvalue weighted by Crippen LogP contribution is -2.08. The highest BCUT2D eigenvalue weighted by Gasteiger charge is 2.07. The molecule has 0 aliphatic carbocycles. The van der Waals surface area contributed by atoms with E-state index in [0.717, 1.165) is 5.52 Å². The van der Waals surface area contributed by atoms with Gasteiger partial charge in [-0.05, 0) is 41.8 Å². The van der Waals surface area contributed by atoms with Crippen molar-refractivity contribution in [1.82, 2.24) is 4.98 Å². The van der Waals surface area contributed by atoms with E-state index in [9.17, 15) is 0 Å². The third-order valence-corrected chi connectivity index (χ3v) is 3.68. The normalized spacial score (nSPS) is 10.8. The molecular weight excluding hydrogens is 244 g/mol. The van der Waals surface area contributed by atoms with Gasteiger partial charge in [0.1, 0.15) is 0 Å². The molecule has 3 aromatic rings. The van der Waals surface area contributed by atoms with E-state index in [-0.39, 0.29) is 0 Å². The van der Waals surface area contributed by atoms with E-state index in [2.05, 4.69) is 65.3 Å². The predicted octanol–water partition coefficient (Wildman–Crippen LogP) is 4.28. The highest BCUT2D eigenvalue weighted by molar-refractivity contribution is 5.96. The van der Waals surface area contributed by atoms with Crippen molar-refractivity contribution >= 4 is 16.6 Å². The van der Waals surface area contributed by atoms with Gasteiger partial charge in [0.2, 0.25) is 0 Å². The van der Waals surface area contributed by atoms with Gasteiger partial charge >= 0.3 is 0 Å². The van der Waals surface area contributed by atoms with E-state index in [1.165, 1.54) is 27.8 Å². The number of benzene rings is 2. The van der Waals surface area contributed by atoms with Crippen LogP contribution in [0.2, 0.25) is 0 Å². The molecule has 0 saturated heterocycles. The minimum Gasteiger partial charge on any atom is -0.378 e. The van der Waals surface area contributed by atoms with E-state index in [0.29, 0.717) is 0 Å². The van der Waals surface area contributed by atoms with Gasteiger partial charge in [0.15, 0.2) is 0 Å². The molecule has 2 nitrogen and oxygen atoms in total. The second kappa shape index (κ2) is 4.97. The Hall–Kier alpha value is -2.35. The van der Waals surface area contributed by atoms with Crippen LogP contribution in [0.3, 0.4) is 0 Å². The standard InChI is InChI=1S/C18H18N2/c1-13-6-4-5-7-15(13)16-10-11-19-18-12-14(20(2)3)8-9-17(16)18/h4-12H,1-3H3. The first kappa shape index (κ1) is 12.7. The first-order chi connectivity index (χ1) is 9.66. The van der Waals surface area contributed by atoms with E-state index in [4.69, 9.17) is 0 Å². The summed E-state index contributed by atoms with van der Waals surface area (Å²) in [4.78, 5) is 6.61. The maximum absolute atomic E-state index is 4.51. The molecule has 1 aromatic heterocycles. The molecule has 0 spiro atoms. The van der Waals surface area contributed by atoms with Gasteiger partial charge in [0.25, 0.3) is 0 Å². The molecule has 0 aliphatic heterocycles. The number of nitrogens with zero attached hydrogens (tertiary/aromatic N) is 2. The average Bonchev–Trinajstić information content (AvgIpc) is 2.46. The summed E-state index contributed by atoms with van der Waals surface area (Å²) in [5.74, 6) is 0. The SMILES string of the molecule is Cc1ccccc1-c1ccnc2cc(N(C)C)ccc12. The van der Waals surface area contributed by atoms with Crippen LogP contribution in [-0.2, 0) is 0 Å². The zero-order valence-electron chi connectivity index (χ0n) is 12.1. The number of rotatable bonds is 2. The van der Waals surface area contributed by atoms with Crippen molar-refractivity contribution in [2.24, 2.45) is 0 Å². The van der Waals surface area contributed by atoms with Gasteiger partial charge in [-0.3, -0.25) is 4.98 Å². The Morgan fingerprint density at radius 2 is 1.70 bits per heavy atom. The molecule has 2 heteroatoms. The van der Waals surface area contributed by atoms with Crippen LogP contribution in [0.4, 0.5) is 5.69 Å². The van der Waals surface area contributed by atoms with Crippen LogP contribution in [0.15, 0.2) is 54.7 Å². The molecule has 0 N–H and O–H groups in total. The van der Waals surface area contributed by atoms with E-state index in [1.54, 1.807) is 0 Å². The smallest absolute Gasteiger partial charge is 0.0728 e. The van der Waals surface area contributed by atoms with Gasteiger partial charge in [-0.2, -0.15) is 0 Å². The van der Waals surface area contributed by atoms with Gasteiger partial charge in [0, 0.05) is 31.4 Å². The fraction of sp³-hybridized carbons (Fsp3) is 0.167. The Morgan fingerprint density at radius 1 is 0.900 bits per heavy atom. The molecular formula is C18H18N2.